The van der Waals surface area contributed by atoms with Crippen LogP contribution in [0.4, 0.5) is 20.3 Å². The largest absolute Gasteiger partial charge is 0.383 e. The second-order valence-corrected chi connectivity index (χ2v) is 9.65. The quantitative estimate of drug-likeness (QED) is 0.514. The molecule has 10 heteroatoms. The predicted octanol–water partition coefficient (Wildman–Crippen LogP) is 3.00. The highest BCUT2D eigenvalue weighted by atomic mass is 19.1. The van der Waals surface area contributed by atoms with Crippen LogP contribution in [0.25, 0.3) is 22.4 Å². The Balaban J connectivity index is 1.42. The van der Waals surface area contributed by atoms with E-state index in [0.717, 1.165) is 49.5 Å². The first-order valence-corrected chi connectivity index (χ1v) is 12.6. The van der Waals surface area contributed by atoms with E-state index < -0.39 is 11.8 Å². The second-order valence-electron chi connectivity index (χ2n) is 9.65. The Bertz CT molecular complexity index is 1370. The van der Waals surface area contributed by atoms with E-state index in [9.17, 15) is 4.79 Å². The number of nitrogen functional groups attached to an aromatic ring is 1. The minimum absolute atomic E-state index is 0.119. The van der Waals surface area contributed by atoms with Gasteiger partial charge in [-0.05, 0) is 61.8 Å². The summed E-state index contributed by atoms with van der Waals surface area (Å²) in [5, 5.41) is 2.71. The number of likely N-dealkylation sites (tertiary alicyclic amines) is 1. The number of nitrogens with two attached hydrogens (primary N) is 1. The van der Waals surface area contributed by atoms with Crippen LogP contribution >= 0.6 is 0 Å². The van der Waals surface area contributed by atoms with Crippen LogP contribution in [0.1, 0.15) is 28.0 Å². The van der Waals surface area contributed by atoms with Gasteiger partial charge >= 0.3 is 0 Å². The van der Waals surface area contributed by atoms with E-state index in [1.54, 1.807) is 12.1 Å². The van der Waals surface area contributed by atoms with Gasteiger partial charge in [-0.1, -0.05) is 0 Å². The summed E-state index contributed by atoms with van der Waals surface area (Å²) in [6.45, 7) is 5.99. The first-order valence-electron chi connectivity index (χ1n) is 12.6. The number of morpholine rings is 1. The van der Waals surface area contributed by atoms with Crippen molar-refractivity contribution in [3.05, 3.63) is 58.9 Å². The lowest BCUT2D eigenvalue weighted by atomic mass is 9.93. The normalized spacial score (nSPS) is 17.8. The third-order valence-corrected chi connectivity index (χ3v) is 7.31. The molecule has 6 rings (SSSR count). The molecule has 3 N–H and O–H groups in total. The molecule has 2 fully saturated rings. The van der Waals surface area contributed by atoms with Crippen molar-refractivity contribution < 1.29 is 18.3 Å². The van der Waals surface area contributed by atoms with Crippen LogP contribution in [0.3, 0.4) is 0 Å². The smallest absolute Gasteiger partial charge is 0.251 e. The third kappa shape index (κ3) is 4.51. The zero-order valence-corrected chi connectivity index (χ0v) is 20.4. The van der Waals surface area contributed by atoms with Crippen LogP contribution in [-0.4, -0.2) is 66.7 Å². The first kappa shape index (κ1) is 23.7. The number of carbonyl (C=O) groups is 1. The molecule has 192 valence electrons. The Hall–Kier alpha value is -3.63. The average molecular weight is 507 g/mol. The first-order chi connectivity index (χ1) is 18.0. The number of nitrogens with one attached hydrogen (secondary N) is 1. The van der Waals surface area contributed by atoms with Crippen LogP contribution in [-0.2, 0) is 17.7 Å². The van der Waals surface area contributed by atoms with Gasteiger partial charge in [-0.3, -0.25) is 9.69 Å². The number of anilines is 2. The summed E-state index contributed by atoms with van der Waals surface area (Å²) in [5.41, 5.74) is 9.99. The summed E-state index contributed by atoms with van der Waals surface area (Å²) in [5.74, 6) is -1.81. The molecule has 1 amide bonds. The standard InChI is InChI=1S/C27H28F2N6O2/c28-21-14-17-16(4-5-31-27(17)36)12-18(21)19-13-20(25(29)33-26(19)30)22-2-3-24(35-8-10-37-11-9-35)23(32-22)15-34-6-1-7-34/h2-3,12-14H,1,4-11,15H2,(H2,30,33)(H,31,36). The van der Waals surface area contributed by atoms with Crippen molar-refractivity contribution in [3.63, 3.8) is 0 Å². The van der Waals surface area contributed by atoms with Gasteiger partial charge in [0.05, 0.1) is 35.9 Å². The topological polar surface area (TPSA) is 96.6 Å². The minimum Gasteiger partial charge on any atom is -0.383 e. The van der Waals surface area contributed by atoms with Crippen LogP contribution in [0.5, 0.6) is 0 Å². The van der Waals surface area contributed by atoms with E-state index >= 15 is 8.78 Å². The number of halogens is 2. The number of carbonyl (C=O) groups excluding carboxylic acids is 1. The van der Waals surface area contributed by atoms with Crippen LogP contribution in [0.15, 0.2) is 30.3 Å². The number of aromatic nitrogens is 2. The Morgan fingerprint density at radius 1 is 0.973 bits per heavy atom. The molecule has 0 unspecified atom stereocenters. The van der Waals surface area contributed by atoms with Gasteiger partial charge < -0.3 is 20.7 Å². The molecule has 3 aliphatic rings. The molecule has 0 bridgehead atoms. The number of ether oxygens (including phenoxy) is 1. The fourth-order valence-corrected chi connectivity index (χ4v) is 5.15. The number of hydrogen-bond acceptors (Lipinski definition) is 7. The molecule has 37 heavy (non-hydrogen) atoms. The molecule has 0 aliphatic carbocycles. The van der Waals surface area contributed by atoms with Crippen molar-refractivity contribution in [2.75, 3.05) is 56.6 Å². The highest BCUT2D eigenvalue weighted by Gasteiger charge is 2.25. The van der Waals surface area contributed by atoms with Gasteiger partial charge in [0.25, 0.3) is 5.91 Å². The van der Waals surface area contributed by atoms with Gasteiger partial charge in [-0.25, -0.2) is 14.4 Å². The van der Waals surface area contributed by atoms with E-state index in [2.05, 4.69) is 20.1 Å². The van der Waals surface area contributed by atoms with E-state index in [1.165, 1.54) is 12.1 Å². The average Bonchev–Trinajstić information content (AvgIpc) is 2.87. The molecular formula is C27H28F2N6O2. The number of benzene rings is 1. The van der Waals surface area contributed by atoms with Crippen LogP contribution in [0.2, 0.25) is 0 Å². The van der Waals surface area contributed by atoms with Crippen LogP contribution < -0.4 is 16.0 Å². The van der Waals surface area contributed by atoms with Gasteiger partial charge in [-0.15, -0.1) is 0 Å². The van der Waals surface area contributed by atoms with Crippen molar-refractivity contribution in [2.45, 2.75) is 19.4 Å². The van der Waals surface area contributed by atoms with E-state index in [0.29, 0.717) is 44.0 Å². The van der Waals surface area contributed by atoms with Crippen molar-refractivity contribution >= 4 is 17.4 Å². The number of nitrogens with zero attached hydrogens (tertiary/aromatic N) is 4. The van der Waals surface area contributed by atoms with Crippen molar-refractivity contribution in [1.29, 1.82) is 0 Å². The van der Waals surface area contributed by atoms with Crippen molar-refractivity contribution in [3.8, 4) is 22.4 Å². The molecule has 2 aromatic heterocycles. The monoisotopic (exact) mass is 506 g/mol. The van der Waals surface area contributed by atoms with E-state index in [-0.39, 0.29) is 28.4 Å². The molecule has 2 saturated heterocycles. The lowest BCUT2D eigenvalue weighted by Crippen LogP contribution is -2.39. The highest BCUT2D eigenvalue weighted by molar-refractivity contribution is 5.97. The number of pyridine rings is 2. The van der Waals surface area contributed by atoms with E-state index in [1.807, 2.05) is 6.07 Å². The Morgan fingerprint density at radius 2 is 1.78 bits per heavy atom. The summed E-state index contributed by atoms with van der Waals surface area (Å²) in [4.78, 5) is 25.5. The molecular weight excluding hydrogens is 478 g/mol. The number of hydrogen-bond donors (Lipinski definition) is 2. The molecule has 3 aliphatic heterocycles. The van der Waals surface area contributed by atoms with Gasteiger partial charge in [0.1, 0.15) is 11.6 Å². The third-order valence-electron chi connectivity index (χ3n) is 7.31. The van der Waals surface area contributed by atoms with Gasteiger partial charge in [0.2, 0.25) is 5.95 Å². The fraction of sp³-hybridized carbons (Fsp3) is 0.370. The summed E-state index contributed by atoms with van der Waals surface area (Å²) in [7, 11) is 0. The Labute approximate surface area is 213 Å². The maximum Gasteiger partial charge on any atom is 0.251 e. The second kappa shape index (κ2) is 9.68. The molecule has 0 radical (unpaired) electrons. The fourth-order valence-electron chi connectivity index (χ4n) is 5.15. The van der Waals surface area contributed by atoms with Gasteiger partial charge in [-0.2, -0.15) is 4.39 Å². The number of amides is 1. The number of rotatable bonds is 5. The van der Waals surface area contributed by atoms with Crippen molar-refractivity contribution in [1.82, 2.24) is 20.2 Å². The van der Waals surface area contributed by atoms with E-state index in [4.69, 9.17) is 15.5 Å². The SMILES string of the molecule is Nc1nc(F)c(-c2ccc(N3CCOCC3)c(CN3CCC3)n2)cc1-c1cc2c(cc1F)C(=O)NCC2. The molecule has 0 saturated carbocycles. The van der Waals surface area contributed by atoms with Gasteiger partial charge in [0.15, 0.2) is 0 Å². The summed E-state index contributed by atoms with van der Waals surface area (Å²) in [6, 6.07) is 8.08. The molecule has 8 nitrogen and oxygen atoms in total. The molecule has 5 heterocycles. The molecule has 0 atom stereocenters. The summed E-state index contributed by atoms with van der Waals surface area (Å²) < 4.78 is 35.8. The summed E-state index contributed by atoms with van der Waals surface area (Å²) in [6.07, 6.45) is 1.72. The molecule has 3 aromatic rings. The zero-order chi connectivity index (χ0) is 25.5. The lowest BCUT2D eigenvalue weighted by molar-refractivity contribution is 0.0945. The zero-order valence-electron chi connectivity index (χ0n) is 20.4. The molecule has 0 spiro atoms. The maximum atomic E-state index is 15.2. The highest BCUT2D eigenvalue weighted by Crippen LogP contribution is 2.35. The Morgan fingerprint density at radius 3 is 2.54 bits per heavy atom. The Kier molecular flexibility index (Phi) is 6.21. The summed E-state index contributed by atoms with van der Waals surface area (Å²) >= 11 is 0. The van der Waals surface area contributed by atoms with Gasteiger partial charge in [0, 0.05) is 42.9 Å². The minimum atomic E-state index is -0.763. The van der Waals surface area contributed by atoms with Crippen molar-refractivity contribution in [2.24, 2.45) is 0 Å². The molecule has 1 aromatic carbocycles. The lowest BCUT2D eigenvalue weighted by Gasteiger charge is -2.34. The number of fused-ring (bicyclic) bond motifs is 1. The van der Waals surface area contributed by atoms with Crippen LogP contribution in [0, 0.1) is 11.8 Å². The predicted molar refractivity (Wildman–Crippen MR) is 136 cm³/mol. The maximum absolute atomic E-state index is 15.2.